The van der Waals surface area contributed by atoms with E-state index in [1.165, 1.54) is 26.1 Å². The van der Waals surface area contributed by atoms with E-state index in [9.17, 15) is 4.79 Å². The van der Waals surface area contributed by atoms with Gasteiger partial charge in [0.05, 0.1) is 0 Å². The minimum Gasteiger partial charge on any atom is -0.341 e. The summed E-state index contributed by atoms with van der Waals surface area (Å²) in [7, 11) is 3.93. The predicted octanol–water partition coefficient (Wildman–Crippen LogP) is 1.84. The first kappa shape index (κ1) is 18.2. The van der Waals surface area contributed by atoms with Crippen LogP contribution in [0.25, 0.3) is 0 Å². The summed E-state index contributed by atoms with van der Waals surface area (Å²) in [6.45, 7) is 12.7. The summed E-state index contributed by atoms with van der Waals surface area (Å²) < 4.78 is 0. The number of hydrogen-bond acceptors (Lipinski definition) is 3. The van der Waals surface area contributed by atoms with Gasteiger partial charge < -0.3 is 15.1 Å². The number of piperazine rings is 1. The number of likely N-dealkylation sites (N-methyl/N-ethyl adjacent to an activating group) is 1. The number of amides is 2. The van der Waals surface area contributed by atoms with Gasteiger partial charge in [0.15, 0.2) is 0 Å². The zero-order valence-corrected chi connectivity index (χ0v) is 14.6. The summed E-state index contributed by atoms with van der Waals surface area (Å²) in [5.41, 5.74) is 0.299. The van der Waals surface area contributed by atoms with Crippen molar-refractivity contribution in [1.29, 1.82) is 0 Å². The third-order valence-electron chi connectivity index (χ3n) is 4.68. The maximum atomic E-state index is 11.7. The lowest BCUT2D eigenvalue weighted by Gasteiger charge is -2.53. The first-order valence-electron chi connectivity index (χ1n) is 8.51. The van der Waals surface area contributed by atoms with E-state index >= 15 is 0 Å². The first-order valence-corrected chi connectivity index (χ1v) is 8.51. The molecule has 2 aliphatic heterocycles. The number of carbonyl (C=O) groups is 1. The van der Waals surface area contributed by atoms with Crippen molar-refractivity contribution in [3.8, 4) is 0 Å². The number of urea groups is 1. The van der Waals surface area contributed by atoms with E-state index in [0.29, 0.717) is 5.54 Å². The van der Waals surface area contributed by atoms with Crippen molar-refractivity contribution in [2.24, 2.45) is 0 Å². The van der Waals surface area contributed by atoms with Crippen LogP contribution in [-0.4, -0.2) is 79.6 Å². The monoisotopic (exact) mass is 298 g/mol. The molecule has 2 saturated heterocycles. The van der Waals surface area contributed by atoms with Gasteiger partial charge >= 0.3 is 6.03 Å². The van der Waals surface area contributed by atoms with Crippen LogP contribution in [0.3, 0.4) is 0 Å². The zero-order valence-electron chi connectivity index (χ0n) is 14.6. The van der Waals surface area contributed by atoms with Crippen molar-refractivity contribution in [2.75, 3.05) is 53.4 Å². The molecular weight excluding hydrogens is 264 g/mol. The molecule has 2 heterocycles. The molecule has 1 spiro atoms. The van der Waals surface area contributed by atoms with E-state index in [-0.39, 0.29) is 6.03 Å². The Morgan fingerprint density at radius 1 is 1.14 bits per heavy atom. The van der Waals surface area contributed by atoms with Crippen molar-refractivity contribution in [3.63, 3.8) is 0 Å². The molecule has 0 aliphatic carbocycles. The lowest BCUT2D eigenvalue weighted by atomic mass is 9.83. The van der Waals surface area contributed by atoms with Gasteiger partial charge in [0.2, 0.25) is 0 Å². The second-order valence-electron chi connectivity index (χ2n) is 5.99. The highest BCUT2D eigenvalue weighted by atomic mass is 16.2. The van der Waals surface area contributed by atoms with Gasteiger partial charge in [-0.25, -0.2) is 4.79 Å². The van der Waals surface area contributed by atoms with Crippen LogP contribution in [0, 0.1) is 0 Å². The molecular formula is C16H34N4O. The van der Waals surface area contributed by atoms with Crippen molar-refractivity contribution >= 4 is 6.03 Å². The van der Waals surface area contributed by atoms with Gasteiger partial charge in [-0.1, -0.05) is 20.8 Å². The average Bonchev–Trinajstić information content (AvgIpc) is 2.52. The molecule has 2 fully saturated rings. The Hall–Kier alpha value is -0.810. The van der Waals surface area contributed by atoms with Crippen LogP contribution in [0.4, 0.5) is 4.79 Å². The average molecular weight is 298 g/mol. The number of carbonyl (C=O) groups excluding carboxylic acids is 1. The van der Waals surface area contributed by atoms with Gasteiger partial charge in [-0.05, 0) is 32.9 Å². The maximum absolute atomic E-state index is 11.7. The number of nitrogens with zero attached hydrogens (tertiary/aromatic N) is 3. The first-order chi connectivity index (χ1) is 10.1. The van der Waals surface area contributed by atoms with E-state index < -0.39 is 0 Å². The Morgan fingerprint density at radius 2 is 1.76 bits per heavy atom. The lowest BCUT2D eigenvalue weighted by Crippen LogP contribution is -2.65. The van der Waals surface area contributed by atoms with Crippen molar-refractivity contribution in [1.82, 2.24) is 20.0 Å². The van der Waals surface area contributed by atoms with E-state index in [2.05, 4.69) is 29.1 Å². The maximum Gasteiger partial charge on any atom is 0.317 e. The molecule has 2 rings (SSSR count). The molecule has 5 heteroatoms. The minimum atomic E-state index is 0.0704. The van der Waals surface area contributed by atoms with Crippen LogP contribution >= 0.6 is 0 Å². The molecule has 21 heavy (non-hydrogen) atoms. The number of likely N-dealkylation sites (tertiary alicyclic amines) is 1. The molecule has 0 radical (unpaired) electrons. The Morgan fingerprint density at radius 3 is 2.29 bits per heavy atom. The van der Waals surface area contributed by atoms with Gasteiger partial charge in [0.25, 0.3) is 0 Å². The highest BCUT2D eigenvalue weighted by Crippen LogP contribution is 2.32. The molecule has 0 bridgehead atoms. The third-order valence-corrected chi connectivity index (χ3v) is 4.68. The van der Waals surface area contributed by atoms with Gasteiger partial charge in [0.1, 0.15) is 0 Å². The van der Waals surface area contributed by atoms with Gasteiger partial charge in [-0.15, -0.1) is 0 Å². The van der Waals surface area contributed by atoms with Crippen molar-refractivity contribution < 1.29 is 4.79 Å². The molecule has 0 unspecified atom stereocenters. The fraction of sp³-hybridized carbons (Fsp3) is 0.938. The van der Waals surface area contributed by atoms with Gasteiger partial charge in [-0.3, -0.25) is 4.90 Å². The van der Waals surface area contributed by atoms with Crippen LogP contribution in [0.1, 0.15) is 40.0 Å². The normalized spacial score (nSPS) is 22.6. The molecule has 2 aliphatic rings. The summed E-state index contributed by atoms with van der Waals surface area (Å²) in [5, 5.41) is 2.73. The Bertz CT molecular complexity index is 313. The summed E-state index contributed by atoms with van der Waals surface area (Å²) in [5.74, 6) is 0. The third kappa shape index (κ3) is 4.33. The largest absolute Gasteiger partial charge is 0.341 e. The number of rotatable bonds is 2. The Kier molecular flexibility index (Phi) is 7.46. The molecule has 0 atom stereocenters. The Balaban J connectivity index is 0.00000106. The molecule has 0 aromatic carbocycles. The van der Waals surface area contributed by atoms with Crippen LogP contribution in [0.15, 0.2) is 0 Å². The van der Waals surface area contributed by atoms with Gasteiger partial charge in [0, 0.05) is 45.3 Å². The number of hydrogen-bond donors (Lipinski definition) is 1. The van der Waals surface area contributed by atoms with Crippen LogP contribution in [-0.2, 0) is 0 Å². The fourth-order valence-corrected chi connectivity index (χ4v) is 3.59. The summed E-state index contributed by atoms with van der Waals surface area (Å²) in [6, 6.07) is 0.0704. The van der Waals surface area contributed by atoms with Crippen LogP contribution < -0.4 is 5.32 Å². The smallest absolute Gasteiger partial charge is 0.317 e. The van der Waals surface area contributed by atoms with E-state index in [1.807, 2.05) is 18.7 Å². The van der Waals surface area contributed by atoms with Crippen LogP contribution in [0.2, 0.25) is 0 Å². The van der Waals surface area contributed by atoms with E-state index in [4.69, 9.17) is 0 Å². The lowest BCUT2D eigenvalue weighted by molar-refractivity contribution is -0.0283. The summed E-state index contributed by atoms with van der Waals surface area (Å²) in [6.07, 6.45) is 3.42. The second-order valence-corrected chi connectivity index (χ2v) is 5.99. The minimum absolute atomic E-state index is 0.0704. The zero-order chi connectivity index (χ0) is 15.9. The SMILES string of the molecule is CC.CCCN1CCN(C)CC12CCN(C(=O)NC)CC2. The molecule has 124 valence electrons. The van der Waals surface area contributed by atoms with E-state index in [0.717, 1.165) is 32.5 Å². The quantitative estimate of drug-likeness (QED) is 0.845. The topological polar surface area (TPSA) is 38.8 Å². The summed E-state index contributed by atoms with van der Waals surface area (Å²) >= 11 is 0. The highest BCUT2D eigenvalue weighted by molar-refractivity contribution is 5.73. The molecule has 1 N–H and O–H groups in total. The fourth-order valence-electron chi connectivity index (χ4n) is 3.59. The molecule has 0 aromatic rings. The van der Waals surface area contributed by atoms with Crippen molar-refractivity contribution in [3.05, 3.63) is 0 Å². The predicted molar refractivity (Wildman–Crippen MR) is 88.7 cm³/mol. The molecule has 5 nitrogen and oxygen atoms in total. The van der Waals surface area contributed by atoms with Crippen LogP contribution in [0.5, 0.6) is 0 Å². The second kappa shape index (κ2) is 8.59. The number of piperidine rings is 1. The van der Waals surface area contributed by atoms with E-state index in [1.54, 1.807) is 7.05 Å². The number of nitrogens with one attached hydrogen (secondary N) is 1. The summed E-state index contributed by atoms with van der Waals surface area (Å²) in [4.78, 5) is 18.8. The standard InChI is InChI=1S/C14H28N4O.C2H6/c1-4-7-18-11-10-16(3)12-14(18)5-8-17(9-6-14)13(19)15-2;1-2/h4-12H2,1-3H3,(H,15,19);1-2H3. The molecule has 0 aromatic heterocycles. The molecule has 2 amide bonds. The Labute approximate surface area is 130 Å². The molecule has 0 saturated carbocycles. The highest BCUT2D eigenvalue weighted by Gasteiger charge is 2.43. The van der Waals surface area contributed by atoms with Gasteiger partial charge in [-0.2, -0.15) is 0 Å². The van der Waals surface area contributed by atoms with Crippen molar-refractivity contribution in [2.45, 2.75) is 45.6 Å².